The predicted octanol–water partition coefficient (Wildman–Crippen LogP) is 6.66. The molecule has 0 spiro atoms. The third-order valence-corrected chi connectivity index (χ3v) is 6.71. The lowest BCUT2D eigenvalue weighted by molar-refractivity contribution is -0.202. The molecule has 4 rings (SSSR count). The van der Waals surface area contributed by atoms with Gasteiger partial charge in [0.2, 0.25) is 12.0 Å². The lowest BCUT2D eigenvalue weighted by Gasteiger charge is -2.17. The van der Waals surface area contributed by atoms with Crippen LogP contribution in [0, 0.1) is 6.92 Å². The molecule has 0 aliphatic carbocycles. The highest BCUT2D eigenvalue weighted by atomic mass is 32.2. The Bertz CT molecular complexity index is 1510. The number of aromatic nitrogens is 2. The summed E-state index contributed by atoms with van der Waals surface area (Å²) in [6, 6.07) is 15.7. The Morgan fingerprint density at radius 2 is 1.50 bits per heavy atom. The van der Waals surface area contributed by atoms with Crippen molar-refractivity contribution in [1.29, 1.82) is 0 Å². The Morgan fingerprint density at radius 3 is 2.11 bits per heavy atom. The summed E-state index contributed by atoms with van der Waals surface area (Å²) < 4.78 is 115. The minimum absolute atomic E-state index is 0.104. The molecule has 1 unspecified atom stereocenters. The first-order valence-corrected chi connectivity index (χ1v) is 12.3. The molecule has 1 aromatic heterocycles. The van der Waals surface area contributed by atoms with Crippen LogP contribution in [0.25, 0.3) is 11.5 Å². The normalized spacial score (nSPS) is 13.4. The number of hydrogen-bond acceptors (Lipinski definition) is 6. The molecule has 4 aromatic rings. The number of nitrogens with zero attached hydrogens (tertiary/aromatic N) is 2. The van der Waals surface area contributed by atoms with Crippen LogP contribution >= 0.6 is 0 Å². The second-order valence-electron chi connectivity index (χ2n) is 8.26. The van der Waals surface area contributed by atoms with Crippen LogP contribution in [0.5, 0.6) is 0 Å². The second-order valence-corrected chi connectivity index (χ2v) is 9.83. The summed E-state index contributed by atoms with van der Waals surface area (Å²) in [5, 5.41) is 7.03. The van der Waals surface area contributed by atoms with Crippen LogP contribution in [0.3, 0.4) is 0 Å². The molecule has 3 aromatic carbocycles. The molecule has 13 heteroatoms. The van der Waals surface area contributed by atoms with Gasteiger partial charge in [-0.05, 0) is 54.8 Å². The van der Waals surface area contributed by atoms with E-state index in [-0.39, 0.29) is 17.9 Å². The molecule has 0 radical (unpaired) electrons. The van der Waals surface area contributed by atoms with E-state index in [0.717, 1.165) is 24.3 Å². The monoisotopic (exact) mass is 556 g/mol. The summed E-state index contributed by atoms with van der Waals surface area (Å²) in [5.41, 5.74) is 1.04. The van der Waals surface area contributed by atoms with E-state index in [1.165, 1.54) is 30.3 Å². The molecule has 0 fully saturated rings. The van der Waals surface area contributed by atoms with Gasteiger partial charge in [0.15, 0.2) is 0 Å². The van der Waals surface area contributed by atoms with E-state index in [0.29, 0.717) is 16.7 Å². The Hall–Kier alpha value is -3.71. The zero-order valence-electron chi connectivity index (χ0n) is 19.4. The fraction of sp³-hybridized carbons (Fsp3) is 0.200. The summed E-state index contributed by atoms with van der Waals surface area (Å²) in [7, 11) is -4.85. The fourth-order valence-corrected chi connectivity index (χ4v) is 4.51. The highest BCUT2D eigenvalue weighted by molar-refractivity contribution is 7.86. The summed E-state index contributed by atoms with van der Waals surface area (Å²) in [6.07, 6.45) is -12.7. The van der Waals surface area contributed by atoms with E-state index in [1.54, 1.807) is 25.1 Å². The van der Waals surface area contributed by atoms with Gasteiger partial charge in [-0.25, -0.2) is 4.18 Å². The second kappa shape index (κ2) is 10.2. The first-order chi connectivity index (χ1) is 17.7. The fourth-order valence-electron chi connectivity index (χ4n) is 3.49. The van der Waals surface area contributed by atoms with Crippen molar-refractivity contribution in [3.63, 3.8) is 0 Å². The molecule has 0 saturated carbocycles. The molecule has 1 heterocycles. The van der Waals surface area contributed by atoms with Gasteiger partial charge in [-0.1, -0.05) is 48.0 Å². The van der Waals surface area contributed by atoms with Crippen molar-refractivity contribution in [2.24, 2.45) is 0 Å². The summed E-state index contributed by atoms with van der Waals surface area (Å²) in [4.78, 5) is -0.487. The highest BCUT2D eigenvalue weighted by Crippen LogP contribution is 2.39. The summed E-state index contributed by atoms with van der Waals surface area (Å²) >= 11 is 0. The largest absolute Gasteiger partial charge is 0.425 e. The Kier molecular flexibility index (Phi) is 7.35. The van der Waals surface area contributed by atoms with Crippen molar-refractivity contribution in [3.05, 3.63) is 101 Å². The molecule has 1 atom stereocenters. The van der Waals surface area contributed by atoms with Crippen LogP contribution in [0.1, 0.15) is 34.2 Å². The Balaban J connectivity index is 1.63. The third kappa shape index (κ3) is 6.22. The maximum atomic E-state index is 13.8. The minimum atomic E-state index is -5.22. The molecule has 0 N–H and O–H groups in total. The molecular formula is C25H18F6N2O4S. The maximum Gasteiger partial charge on any atom is 0.425 e. The molecule has 38 heavy (non-hydrogen) atoms. The average molecular weight is 556 g/mol. The van der Waals surface area contributed by atoms with Crippen molar-refractivity contribution < 1.29 is 43.4 Å². The number of hydrogen-bond donors (Lipinski definition) is 0. The van der Waals surface area contributed by atoms with Crippen LogP contribution in [0.2, 0.25) is 0 Å². The quantitative estimate of drug-likeness (QED) is 0.187. The Labute approximate surface area is 213 Å². The van der Waals surface area contributed by atoms with E-state index in [2.05, 4.69) is 14.4 Å². The van der Waals surface area contributed by atoms with E-state index in [9.17, 15) is 34.8 Å². The number of rotatable bonds is 7. The van der Waals surface area contributed by atoms with Crippen molar-refractivity contribution in [3.8, 4) is 11.5 Å². The SMILES string of the molecule is Cc1ccc(S(=O)(=O)OC(c2nnc(-c3ccccc3Cc3ccc(C(F)(F)F)cc3)o2)C(F)(F)F)cc1. The minimum Gasteiger partial charge on any atom is -0.417 e. The third-order valence-electron chi connectivity index (χ3n) is 5.42. The number of alkyl halides is 6. The molecule has 0 aliphatic rings. The summed E-state index contributed by atoms with van der Waals surface area (Å²) in [6.45, 7) is 1.67. The molecule has 0 amide bonds. The van der Waals surface area contributed by atoms with Gasteiger partial charge in [0.1, 0.15) is 0 Å². The van der Waals surface area contributed by atoms with Gasteiger partial charge >= 0.3 is 12.4 Å². The zero-order chi connectivity index (χ0) is 27.7. The van der Waals surface area contributed by atoms with Crippen LogP contribution in [0.4, 0.5) is 26.3 Å². The van der Waals surface area contributed by atoms with Gasteiger partial charge in [0.05, 0.1) is 10.5 Å². The highest BCUT2D eigenvalue weighted by Gasteiger charge is 2.49. The number of benzene rings is 3. The van der Waals surface area contributed by atoms with Gasteiger partial charge in [0, 0.05) is 5.56 Å². The standard InChI is InChI=1S/C25H18F6N2O4S/c1-15-6-12-19(13-7-15)38(34,35)37-21(25(29,30)31)23-33-32-22(36-23)20-5-3-2-4-17(20)14-16-8-10-18(11-9-16)24(26,27)28/h2-13,21H,14H2,1H3. The number of halogens is 6. The van der Waals surface area contributed by atoms with E-state index >= 15 is 0 Å². The van der Waals surface area contributed by atoms with Crippen LogP contribution in [-0.4, -0.2) is 24.8 Å². The smallest absolute Gasteiger partial charge is 0.417 e. The zero-order valence-corrected chi connectivity index (χ0v) is 20.2. The van der Waals surface area contributed by atoms with Crippen molar-refractivity contribution in [1.82, 2.24) is 10.2 Å². The molecule has 0 saturated heterocycles. The van der Waals surface area contributed by atoms with E-state index < -0.39 is 44.9 Å². The van der Waals surface area contributed by atoms with Crippen LogP contribution < -0.4 is 0 Å². The number of aryl methyl sites for hydroxylation is 1. The molecular weight excluding hydrogens is 538 g/mol. The van der Waals surface area contributed by atoms with Gasteiger partial charge in [-0.2, -0.15) is 34.8 Å². The first kappa shape index (κ1) is 27.3. The van der Waals surface area contributed by atoms with Gasteiger partial charge < -0.3 is 4.42 Å². The molecule has 0 aliphatic heterocycles. The molecule has 6 nitrogen and oxygen atoms in total. The van der Waals surface area contributed by atoms with Gasteiger partial charge in [-0.15, -0.1) is 10.2 Å². The Morgan fingerprint density at radius 1 is 0.868 bits per heavy atom. The molecule has 0 bridgehead atoms. The van der Waals surface area contributed by atoms with E-state index in [4.69, 9.17) is 4.42 Å². The first-order valence-electron chi connectivity index (χ1n) is 10.9. The van der Waals surface area contributed by atoms with Crippen LogP contribution in [-0.2, 0) is 26.9 Å². The van der Waals surface area contributed by atoms with Crippen molar-refractivity contribution in [2.75, 3.05) is 0 Å². The average Bonchev–Trinajstić information content (AvgIpc) is 3.32. The topological polar surface area (TPSA) is 82.3 Å². The predicted molar refractivity (Wildman–Crippen MR) is 122 cm³/mol. The van der Waals surface area contributed by atoms with E-state index in [1.807, 2.05) is 0 Å². The summed E-state index contributed by atoms with van der Waals surface area (Å²) in [5.74, 6) is -1.49. The van der Waals surface area contributed by atoms with Crippen LogP contribution in [0.15, 0.2) is 82.1 Å². The van der Waals surface area contributed by atoms with Crippen molar-refractivity contribution in [2.45, 2.75) is 36.7 Å². The lowest BCUT2D eigenvalue weighted by atomic mass is 9.99. The lowest BCUT2D eigenvalue weighted by Crippen LogP contribution is -2.26. The maximum absolute atomic E-state index is 13.8. The molecule has 200 valence electrons. The van der Waals surface area contributed by atoms with Crippen molar-refractivity contribution >= 4 is 10.1 Å². The van der Waals surface area contributed by atoms with Gasteiger partial charge in [-0.3, -0.25) is 0 Å². The van der Waals surface area contributed by atoms with Gasteiger partial charge in [0.25, 0.3) is 16.0 Å².